The zero-order chi connectivity index (χ0) is 9.97. The average molecular weight is 194 g/mol. The smallest absolute Gasteiger partial charge is 0.251 e. The largest absolute Gasteiger partial charge is 0.359 e. The maximum atomic E-state index is 11.4. The fraction of sp³-hybridized carbons (Fsp3) is 0.800. The molecule has 0 aromatic carbocycles. The van der Waals surface area contributed by atoms with Crippen molar-refractivity contribution in [3.05, 3.63) is 0 Å². The van der Waals surface area contributed by atoms with Crippen LogP contribution in [0.1, 0.15) is 25.7 Å². The molecule has 0 aromatic heterocycles. The minimum Gasteiger partial charge on any atom is -0.359 e. The van der Waals surface area contributed by atoms with E-state index in [2.05, 4.69) is 5.32 Å². The lowest BCUT2D eigenvalue weighted by Crippen LogP contribution is -2.30. The van der Waals surface area contributed by atoms with Gasteiger partial charge in [0.2, 0.25) is 0 Å². The molecule has 2 aliphatic rings. The SMILES string of the molecule is N#CCCC1OC1C(=O)NCC1CC1. The maximum absolute atomic E-state index is 11.4. The summed E-state index contributed by atoms with van der Waals surface area (Å²) in [6.45, 7) is 0.795. The normalized spacial score (nSPS) is 29.4. The first-order valence-corrected chi connectivity index (χ1v) is 5.11. The topological polar surface area (TPSA) is 65.4 Å². The molecule has 1 heterocycles. The predicted octanol–water partition coefficient (Wildman–Crippen LogP) is 0.584. The molecular formula is C10H14N2O2. The van der Waals surface area contributed by atoms with E-state index in [1.807, 2.05) is 6.07 Å². The van der Waals surface area contributed by atoms with E-state index in [1.165, 1.54) is 12.8 Å². The number of ether oxygens (including phenoxy) is 1. The lowest BCUT2D eigenvalue weighted by molar-refractivity contribution is -0.122. The molecule has 2 fully saturated rings. The van der Waals surface area contributed by atoms with Gasteiger partial charge in [0.1, 0.15) is 0 Å². The van der Waals surface area contributed by atoms with Crippen molar-refractivity contribution < 1.29 is 9.53 Å². The number of carbonyl (C=O) groups excluding carboxylic acids is 1. The van der Waals surface area contributed by atoms with Gasteiger partial charge in [0.25, 0.3) is 5.91 Å². The summed E-state index contributed by atoms with van der Waals surface area (Å²) in [5.41, 5.74) is 0. The molecule has 1 amide bonds. The molecule has 2 atom stereocenters. The van der Waals surface area contributed by atoms with Gasteiger partial charge in [0, 0.05) is 13.0 Å². The third kappa shape index (κ3) is 2.46. The first-order chi connectivity index (χ1) is 6.81. The van der Waals surface area contributed by atoms with Crippen LogP contribution >= 0.6 is 0 Å². The molecule has 1 aliphatic heterocycles. The van der Waals surface area contributed by atoms with Crippen molar-refractivity contribution in [2.24, 2.45) is 5.92 Å². The Balaban J connectivity index is 1.60. The second kappa shape index (κ2) is 3.97. The third-order valence-corrected chi connectivity index (χ3v) is 2.64. The van der Waals surface area contributed by atoms with Gasteiger partial charge in [-0.3, -0.25) is 4.79 Å². The summed E-state index contributed by atoms with van der Waals surface area (Å²) in [5, 5.41) is 11.2. The molecule has 1 N–H and O–H groups in total. The second-order valence-corrected chi connectivity index (χ2v) is 3.98. The van der Waals surface area contributed by atoms with Crippen LogP contribution in [-0.4, -0.2) is 24.7 Å². The van der Waals surface area contributed by atoms with E-state index in [-0.39, 0.29) is 18.1 Å². The molecule has 14 heavy (non-hydrogen) atoms. The minimum absolute atomic E-state index is 0.000148. The fourth-order valence-corrected chi connectivity index (χ4v) is 1.47. The van der Waals surface area contributed by atoms with Crippen molar-refractivity contribution in [2.75, 3.05) is 6.54 Å². The fourth-order valence-electron chi connectivity index (χ4n) is 1.47. The van der Waals surface area contributed by atoms with Crippen LogP contribution in [0.25, 0.3) is 0 Å². The highest BCUT2D eigenvalue weighted by Gasteiger charge is 2.44. The zero-order valence-electron chi connectivity index (χ0n) is 8.03. The van der Waals surface area contributed by atoms with Gasteiger partial charge in [0.05, 0.1) is 12.2 Å². The van der Waals surface area contributed by atoms with E-state index >= 15 is 0 Å². The monoisotopic (exact) mass is 194 g/mol. The molecule has 1 saturated carbocycles. The number of hydrogen-bond acceptors (Lipinski definition) is 3. The number of nitrogens with one attached hydrogen (secondary N) is 1. The number of nitriles is 1. The van der Waals surface area contributed by atoms with Crippen LogP contribution in [0.4, 0.5) is 0 Å². The third-order valence-electron chi connectivity index (χ3n) is 2.64. The molecule has 2 rings (SSSR count). The Labute approximate surface area is 83.2 Å². The average Bonchev–Trinajstić information content (AvgIpc) is 3.04. The predicted molar refractivity (Wildman–Crippen MR) is 49.2 cm³/mol. The molecule has 0 spiro atoms. The van der Waals surface area contributed by atoms with Gasteiger partial charge in [-0.05, 0) is 25.2 Å². The van der Waals surface area contributed by atoms with E-state index in [0.29, 0.717) is 18.8 Å². The molecule has 0 radical (unpaired) electrons. The molecule has 76 valence electrons. The van der Waals surface area contributed by atoms with Gasteiger partial charge >= 0.3 is 0 Å². The standard InChI is InChI=1S/C10H14N2O2/c11-5-1-2-8-9(14-8)10(13)12-6-7-3-4-7/h7-9H,1-4,6H2,(H,12,13). The van der Waals surface area contributed by atoms with E-state index in [9.17, 15) is 4.79 Å². The summed E-state index contributed by atoms with van der Waals surface area (Å²) in [7, 11) is 0. The van der Waals surface area contributed by atoms with E-state index < -0.39 is 0 Å². The summed E-state index contributed by atoms with van der Waals surface area (Å²) in [6.07, 6.45) is 3.35. The van der Waals surface area contributed by atoms with Crippen LogP contribution in [0.2, 0.25) is 0 Å². The summed E-state index contributed by atoms with van der Waals surface area (Å²) >= 11 is 0. The highest BCUT2D eigenvalue weighted by Crippen LogP contribution is 2.29. The molecule has 1 saturated heterocycles. The van der Waals surface area contributed by atoms with Gasteiger partial charge in [-0.2, -0.15) is 5.26 Å². The highest BCUT2D eigenvalue weighted by atomic mass is 16.6. The highest BCUT2D eigenvalue weighted by molar-refractivity contribution is 5.83. The van der Waals surface area contributed by atoms with Crippen LogP contribution in [0.3, 0.4) is 0 Å². The number of amides is 1. The minimum atomic E-state index is -0.276. The van der Waals surface area contributed by atoms with Crippen molar-refractivity contribution in [2.45, 2.75) is 37.9 Å². The van der Waals surface area contributed by atoms with Gasteiger partial charge in [-0.1, -0.05) is 0 Å². The number of epoxide rings is 1. The van der Waals surface area contributed by atoms with Crippen molar-refractivity contribution in [1.82, 2.24) is 5.32 Å². The first-order valence-electron chi connectivity index (χ1n) is 5.11. The van der Waals surface area contributed by atoms with Crippen molar-refractivity contribution in [1.29, 1.82) is 5.26 Å². The van der Waals surface area contributed by atoms with Crippen molar-refractivity contribution in [3.8, 4) is 6.07 Å². The Bertz CT molecular complexity index is 268. The molecule has 4 nitrogen and oxygen atoms in total. The van der Waals surface area contributed by atoms with Gasteiger partial charge in [-0.25, -0.2) is 0 Å². The summed E-state index contributed by atoms with van der Waals surface area (Å²) in [5.74, 6) is 0.704. The molecule has 4 heteroatoms. The molecule has 1 aliphatic carbocycles. The van der Waals surface area contributed by atoms with Gasteiger partial charge in [0.15, 0.2) is 6.10 Å². The van der Waals surface area contributed by atoms with Crippen LogP contribution in [0, 0.1) is 17.2 Å². The van der Waals surface area contributed by atoms with Crippen LogP contribution < -0.4 is 5.32 Å². The summed E-state index contributed by atoms with van der Waals surface area (Å²) < 4.78 is 5.17. The number of carbonyl (C=O) groups is 1. The second-order valence-electron chi connectivity index (χ2n) is 3.98. The Morgan fingerprint density at radius 1 is 1.57 bits per heavy atom. The molecule has 2 unspecified atom stereocenters. The van der Waals surface area contributed by atoms with Crippen molar-refractivity contribution >= 4 is 5.91 Å². The van der Waals surface area contributed by atoms with Crippen LogP contribution in [0.5, 0.6) is 0 Å². The number of hydrogen-bond donors (Lipinski definition) is 1. The lowest BCUT2D eigenvalue weighted by Gasteiger charge is -1.99. The van der Waals surface area contributed by atoms with E-state index in [4.69, 9.17) is 10.00 Å². The molecule has 0 aromatic rings. The van der Waals surface area contributed by atoms with Crippen molar-refractivity contribution in [3.63, 3.8) is 0 Å². The summed E-state index contributed by atoms with van der Waals surface area (Å²) in [4.78, 5) is 11.4. The van der Waals surface area contributed by atoms with Crippen LogP contribution in [0.15, 0.2) is 0 Å². The quantitative estimate of drug-likeness (QED) is 0.651. The number of nitrogens with zero attached hydrogens (tertiary/aromatic N) is 1. The zero-order valence-corrected chi connectivity index (χ0v) is 8.03. The van der Waals surface area contributed by atoms with E-state index in [0.717, 1.165) is 6.54 Å². The number of rotatable bonds is 5. The Kier molecular flexibility index (Phi) is 2.69. The van der Waals surface area contributed by atoms with E-state index in [1.54, 1.807) is 0 Å². The molecule has 0 bridgehead atoms. The van der Waals surface area contributed by atoms with Crippen LogP contribution in [-0.2, 0) is 9.53 Å². The lowest BCUT2D eigenvalue weighted by atomic mass is 10.2. The Hall–Kier alpha value is -1.08. The summed E-state index contributed by atoms with van der Waals surface area (Å²) in [6, 6.07) is 2.05. The molecular weight excluding hydrogens is 180 g/mol. The Morgan fingerprint density at radius 2 is 2.36 bits per heavy atom. The Morgan fingerprint density at radius 3 is 3.00 bits per heavy atom. The first kappa shape index (κ1) is 9.47. The van der Waals surface area contributed by atoms with Gasteiger partial charge in [-0.15, -0.1) is 0 Å². The van der Waals surface area contributed by atoms with Gasteiger partial charge < -0.3 is 10.1 Å². The maximum Gasteiger partial charge on any atom is 0.251 e.